The van der Waals surface area contributed by atoms with Crippen molar-refractivity contribution in [3.8, 4) is 22.6 Å². The maximum absolute atomic E-state index is 13.1. The van der Waals surface area contributed by atoms with Gasteiger partial charge in [0.25, 0.3) is 5.91 Å². The van der Waals surface area contributed by atoms with Crippen molar-refractivity contribution in [2.24, 2.45) is 0 Å². The van der Waals surface area contributed by atoms with E-state index in [1.807, 2.05) is 0 Å². The number of pyridine rings is 1. The van der Waals surface area contributed by atoms with Gasteiger partial charge in [-0.15, -0.1) is 0 Å². The Labute approximate surface area is 170 Å². The second-order valence-corrected chi connectivity index (χ2v) is 7.02. The lowest BCUT2D eigenvalue weighted by Crippen LogP contribution is -2.31. The SMILES string of the molecule is O=C(c1cc(-c2ccc(F)cc2)n[nH]1)N1CCC[C@H]1c1nc(-c2ccncc2)no1. The van der Waals surface area contributed by atoms with Crippen LogP contribution in [0.15, 0.2) is 59.4 Å². The van der Waals surface area contributed by atoms with Crippen LogP contribution in [0, 0.1) is 5.82 Å². The smallest absolute Gasteiger partial charge is 0.272 e. The monoisotopic (exact) mass is 404 g/mol. The lowest BCUT2D eigenvalue weighted by molar-refractivity contribution is 0.0704. The fourth-order valence-electron chi connectivity index (χ4n) is 3.61. The number of nitrogens with zero attached hydrogens (tertiary/aromatic N) is 5. The second kappa shape index (κ2) is 7.51. The molecule has 1 N–H and O–H groups in total. The molecule has 5 rings (SSSR count). The van der Waals surface area contributed by atoms with Crippen LogP contribution in [0.1, 0.15) is 35.3 Å². The summed E-state index contributed by atoms with van der Waals surface area (Å²) < 4.78 is 18.6. The summed E-state index contributed by atoms with van der Waals surface area (Å²) in [7, 11) is 0. The Morgan fingerprint density at radius 2 is 1.93 bits per heavy atom. The van der Waals surface area contributed by atoms with Crippen LogP contribution < -0.4 is 0 Å². The van der Waals surface area contributed by atoms with Gasteiger partial charge in [-0.05, 0) is 55.3 Å². The average molecular weight is 404 g/mol. The number of carbonyl (C=O) groups excluding carboxylic acids is 1. The molecule has 4 aromatic rings. The second-order valence-electron chi connectivity index (χ2n) is 7.02. The highest BCUT2D eigenvalue weighted by Crippen LogP contribution is 2.33. The van der Waals surface area contributed by atoms with Crippen molar-refractivity contribution in [3.05, 3.63) is 72.3 Å². The number of aromatic nitrogens is 5. The highest BCUT2D eigenvalue weighted by molar-refractivity contribution is 5.93. The van der Waals surface area contributed by atoms with Gasteiger partial charge >= 0.3 is 0 Å². The molecule has 4 heterocycles. The van der Waals surface area contributed by atoms with Gasteiger partial charge in [-0.1, -0.05) is 5.16 Å². The Morgan fingerprint density at radius 1 is 1.13 bits per heavy atom. The van der Waals surface area contributed by atoms with Gasteiger partial charge in [0.2, 0.25) is 11.7 Å². The molecule has 1 aliphatic rings. The molecule has 0 saturated carbocycles. The summed E-state index contributed by atoms with van der Waals surface area (Å²) in [4.78, 5) is 23.3. The molecule has 150 valence electrons. The molecule has 1 amide bonds. The molecule has 0 spiro atoms. The van der Waals surface area contributed by atoms with Crippen LogP contribution in [0.3, 0.4) is 0 Å². The molecule has 1 aromatic carbocycles. The number of aromatic amines is 1. The van der Waals surface area contributed by atoms with Crippen molar-refractivity contribution < 1.29 is 13.7 Å². The topological polar surface area (TPSA) is 101 Å². The molecule has 9 heteroatoms. The predicted molar refractivity (Wildman–Crippen MR) is 105 cm³/mol. The van der Waals surface area contributed by atoms with Crippen LogP contribution in [0.5, 0.6) is 0 Å². The molecular weight excluding hydrogens is 387 g/mol. The van der Waals surface area contributed by atoms with Crippen LogP contribution in [-0.2, 0) is 0 Å². The van der Waals surface area contributed by atoms with E-state index in [1.54, 1.807) is 47.6 Å². The van der Waals surface area contributed by atoms with Crippen LogP contribution in [0.4, 0.5) is 4.39 Å². The summed E-state index contributed by atoms with van der Waals surface area (Å²) >= 11 is 0. The number of halogens is 1. The Bertz CT molecular complexity index is 1170. The third-order valence-electron chi connectivity index (χ3n) is 5.13. The minimum Gasteiger partial charge on any atom is -0.337 e. The minimum atomic E-state index is -0.323. The highest BCUT2D eigenvalue weighted by Gasteiger charge is 2.35. The van der Waals surface area contributed by atoms with E-state index in [0.717, 1.165) is 24.0 Å². The van der Waals surface area contributed by atoms with Gasteiger partial charge in [-0.25, -0.2) is 4.39 Å². The molecule has 1 atom stereocenters. The molecule has 1 aliphatic heterocycles. The molecule has 3 aromatic heterocycles. The van der Waals surface area contributed by atoms with Crippen molar-refractivity contribution in [1.29, 1.82) is 0 Å². The van der Waals surface area contributed by atoms with Crippen LogP contribution in [0.25, 0.3) is 22.6 Å². The summed E-state index contributed by atoms with van der Waals surface area (Å²) in [5.41, 5.74) is 2.46. The van der Waals surface area contributed by atoms with E-state index in [9.17, 15) is 9.18 Å². The Balaban J connectivity index is 1.37. The highest BCUT2D eigenvalue weighted by atomic mass is 19.1. The first kappa shape index (κ1) is 18.2. The van der Waals surface area contributed by atoms with E-state index in [-0.39, 0.29) is 17.8 Å². The lowest BCUT2D eigenvalue weighted by Gasteiger charge is -2.20. The van der Waals surface area contributed by atoms with Crippen molar-refractivity contribution in [2.75, 3.05) is 6.54 Å². The van der Waals surface area contributed by atoms with Gasteiger partial charge in [0, 0.05) is 30.1 Å². The number of carbonyl (C=O) groups is 1. The predicted octanol–water partition coefficient (Wildman–Crippen LogP) is 3.64. The third kappa shape index (κ3) is 3.34. The van der Waals surface area contributed by atoms with E-state index < -0.39 is 0 Å². The van der Waals surface area contributed by atoms with Gasteiger partial charge < -0.3 is 9.42 Å². The maximum Gasteiger partial charge on any atom is 0.272 e. The van der Waals surface area contributed by atoms with Gasteiger partial charge in [0.05, 0.1) is 5.69 Å². The number of H-pyrrole nitrogens is 1. The van der Waals surface area contributed by atoms with E-state index in [0.29, 0.717) is 29.6 Å². The zero-order chi connectivity index (χ0) is 20.5. The average Bonchev–Trinajstić information content (AvgIpc) is 3.54. The van der Waals surface area contributed by atoms with Gasteiger partial charge in [-0.2, -0.15) is 10.1 Å². The van der Waals surface area contributed by atoms with E-state index >= 15 is 0 Å². The number of hydrogen-bond donors (Lipinski definition) is 1. The van der Waals surface area contributed by atoms with Crippen molar-refractivity contribution >= 4 is 5.91 Å². The minimum absolute atomic E-state index is 0.193. The first-order valence-electron chi connectivity index (χ1n) is 9.55. The van der Waals surface area contributed by atoms with E-state index in [4.69, 9.17) is 4.52 Å². The molecule has 30 heavy (non-hydrogen) atoms. The van der Waals surface area contributed by atoms with Crippen molar-refractivity contribution in [2.45, 2.75) is 18.9 Å². The molecule has 0 unspecified atom stereocenters. The number of amides is 1. The summed E-state index contributed by atoms with van der Waals surface area (Å²) in [5.74, 6) is 0.357. The number of nitrogens with one attached hydrogen (secondary N) is 1. The van der Waals surface area contributed by atoms with Crippen LogP contribution in [0.2, 0.25) is 0 Å². The van der Waals surface area contributed by atoms with Crippen LogP contribution >= 0.6 is 0 Å². The van der Waals surface area contributed by atoms with Gasteiger partial charge in [0.1, 0.15) is 17.6 Å². The van der Waals surface area contributed by atoms with E-state index in [1.165, 1.54) is 12.1 Å². The Morgan fingerprint density at radius 3 is 2.73 bits per heavy atom. The normalized spacial score (nSPS) is 16.2. The number of rotatable bonds is 4. The third-order valence-corrected chi connectivity index (χ3v) is 5.13. The Kier molecular flexibility index (Phi) is 4.55. The first-order chi connectivity index (χ1) is 14.7. The molecular formula is C21H17FN6O2. The lowest BCUT2D eigenvalue weighted by atomic mass is 10.1. The van der Waals surface area contributed by atoms with Gasteiger partial charge in [0.15, 0.2) is 0 Å². The fraction of sp³-hybridized carbons (Fsp3) is 0.190. The zero-order valence-corrected chi connectivity index (χ0v) is 15.8. The molecule has 0 bridgehead atoms. The standard InChI is InChI=1S/C21H17FN6O2/c22-15-5-3-13(4-6-15)16-12-17(26-25-16)21(29)28-11-1-2-18(28)20-24-19(27-30-20)14-7-9-23-10-8-14/h3-10,12,18H,1-2,11H2,(H,25,26)/t18-/m0/s1. The Hall–Kier alpha value is -3.88. The molecule has 1 saturated heterocycles. The largest absolute Gasteiger partial charge is 0.337 e. The number of likely N-dealkylation sites (tertiary alicyclic amines) is 1. The molecule has 0 radical (unpaired) electrons. The quantitative estimate of drug-likeness (QED) is 0.557. The summed E-state index contributed by atoms with van der Waals surface area (Å²) in [6.45, 7) is 0.585. The molecule has 1 fully saturated rings. The van der Waals surface area contributed by atoms with E-state index in [2.05, 4.69) is 25.3 Å². The number of hydrogen-bond acceptors (Lipinski definition) is 6. The summed E-state index contributed by atoms with van der Waals surface area (Å²) in [6, 6.07) is 10.9. The summed E-state index contributed by atoms with van der Waals surface area (Å²) in [5, 5.41) is 11.0. The summed E-state index contributed by atoms with van der Waals surface area (Å²) in [6.07, 6.45) is 4.90. The molecule has 0 aliphatic carbocycles. The first-order valence-corrected chi connectivity index (χ1v) is 9.55. The van der Waals surface area contributed by atoms with Crippen molar-refractivity contribution in [1.82, 2.24) is 30.2 Å². The fourth-order valence-corrected chi connectivity index (χ4v) is 3.61. The molecule has 8 nitrogen and oxygen atoms in total. The van der Waals surface area contributed by atoms with Crippen LogP contribution in [-0.4, -0.2) is 42.7 Å². The van der Waals surface area contributed by atoms with Gasteiger partial charge in [-0.3, -0.25) is 14.9 Å². The zero-order valence-electron chi connectivity index (χ0n) is 15.8. The van der Waals surface area contributed by atoms with Crippen molar-refractivity contribution in [3.63, 3.8) is 0 Å². The maximum atomic E-state index is 13.1. The number of benzene rings is 1.